The maximum Gasteiger partial charge on any atom is 0.289 e. The van der Waals surface area contributed by atoms with E-state index in [2.05, 4.69) is 32.0 Å². The molecule has 2 heterocycles. The molecular formula is C19H26N2O2. The lowest BCUT2D eigenvalue weighted by atomic mass is 9.98. The molecule has 2 unspecified atom stereocenters. The molecule has 0 saturated carbocycles. The molecule has 3 rings (SSSR count). The Morgan fingerprint density at radius 3 is 2.78 bits per heavy atom. The van der Waals surface area contributed by atoms with Crippen molar-refractivity contribution in [2.24, 2.45) is 5.92 Å². The van der Waals surface area contributed by atoms with E-state index in [9.17, 15) is 4.79 Å². The second-order valence-electron chi connectivity index (χ2n) is 6.94. The Bertz CT molecular complexity index is 704. The Labute approximate surface area is 138 Å². The average Bonchev–Trinajstić information content (AvgIpc) is 3.10. The second-order valence-corrected chi connectivity index (χ2v) is 6.94. The van der Waals surface area contributed by atoms with E-state index in [0.717, 1.165) is 36.9 Å². The first-order chi connectivity index (χ1) is 11.0. The molecule has 4 heteroatoms. The number of likely N-dealkylation sites (tertiary alicyclic amines) is 1. The molecule has 1 aliphatic heterocycles. The summed E-state index contributed by atoms with van der Waals surface area (Å²) in [5, 5.41) is 1.00. The number of fused-ring (bicyclic) bond motifs is 1. The maximum atomic E-state index is 12.8. The standard InChI is InChI=1S/C19H26N2O2/c1-5-6-14-11-21(12-16(14)20(3)4)19(22)18-10-15-9-13(2)7-8-17(15)23-18/h7-10,14,16H,5-6,11-12H2,1-4H3. The second kappa shape index (κ2) is 6.36. The summed E-state index contributed by atoms with van der Waals surface area (Å²) in [5.74, 6) is 1.02. The molecule has 0 spiro atoms. The molecule has 2 aromatic rings. The highest BCUT2D eigenvalue weighted by molar-refractivity contribution is 5.96. The first-order valence-electron chi connectivity index (χ1n) is 8.45. The molecule has 0 radical (unpaired) electrons. The Morgan fingerprint density at radius 1 is 1.30 bits per heavy atom. The number of carbonyl (C=O) groups excluding carboxylic acids is 1. The van der Waals surface area contributed by atoms with Crippen molar-refractivity contribution in [3.63, 3.8) is 0 Å². The third-order valence-electron chi connectivity index (χ3n) is 4.90. The zero-order chi connectivity index (χ0) is 16.6. The molecular weight excluding hydrogens is 288 g/mol. The predicted molar refractivity (Wildman–Crippen MR) is 92.7 cm³/mol. The van der Waals surface area contributed by atoms with Crippen LogP contribution in [0.3, 0.4) is 0 Å². The molecule has 4 nitrogen and oxygen atoms in total. The molecule has 1 fully saturated rings. The van der Waals surface area contributed by atoms with Crippen molar-refractivity contribution < 1.29 is 9.21 Å². The van der Waals surface area contributed by atoms with Gasteiger partial charge in [0.15, 0.2) is 5.76 Å². The smallest absolute Gasteiger partial charge is 0.289 e. The molecule has 0 aliphatic carbocycles. The van der Waals surface area contributed by atoms with Crippen molar-refractivity contribution in [1.82, 2.24) is 9.80 Å². The van der Waals surface area contributed by atoms with Crippen LogP contribution in [0.4, 0.5) is 0 Å². The van der Waals surface area contributed by atoms with Crippen molar-refractivity contribution in [2.75, 3.05) is 27.2 Å². The molecule has 1 aromatic carbocycles. The van der Waals surface area contributed by atoms with Crippen LogP contribution in [-0.2, 0) is 0 Å². The Balaban J connectivity index is 1.81. The van der Waals surface area contributed by atoms with Crippen molar-refractivity contribution in [3.8, 4) is 0 Å². The first kappa shape index (κ1) is 16.1. The molecule has 124 valence electrons. The first-order valence-corrected chi connectivity index (χ1v) is 8.45. The van der Waals surface area contributed by atoms with Gasteiger partial charge in [0.25, 0.3) is 5.91 Å². The van der Waals surface area contributed by atoms with Crippen LogP contribution >= 0.6 is 0 Å². The van der Waals surface area contributed by atoms with Crippen LogP contribution in [0.1, 0.15) is 35.9 Å². The summed E-state index contributed by atoms with van der Waals surface area (Å²) < 4.78 is 5.78. The van der Waals surface area contributed by atoms with Gasteiger partial charge in [-0.1, -0.05) is 25.0 Å². The Kier molecular flexibility index (Phi) is 4.44. The van der Waals surface area contributed by atoms with Crippen LogP contribution in [-0.4, -0.2) is 48.9 Å². The highest BCUT2D eigenvalue weighted by Gasteiger charge is 2.36. The Morgan fingerprint density at radius 2 is 2.09 bits per heavy atom. The lowest BCUT2D eigenvalue weighted by molar-refractivity contribution is 0.0751. The normalized spacial score (nSPS) is 21.5. The summed E-state index contributed by atoms with van der Waals surface area (Å²) in [6, 6.07) is 8.32. The van der Waals surface area contributed by atoms with E-state index in [1.165, 1.54) is 5.56 Å². The van der Waals surface area contributed by atoms with Gasteiger partial charge in [-0.25, -0.2) is 0 Å². The highest BCUT2D eigenvalue weighted by atomic mass is 16.3. The number of furan rings is 1. The van der Waals surface area contributed by atoms with Gasteiger partial charge < -0.3 is 14.2 Å². The minimum absolute atomic E-state index is 0.0179. The van der Waals surface area contributed by atoms with Gasteiger partial charge in [-0.2, -0.15) is 0 Å². The van der Waals surface area contributed by atoms with Crippen LogP contribution in [0.15, 0.2) is 28.7 Å². The van der Waals surface area contributed by atoms with Gasteiger partial charge >= 0.3 is 0 Å². The van der Waals surface area contributed by atoms with Crippen molar-refractivity contribution >= 4 is 16.9 Å². The van der Waals surface area contributed by atoms with E-state index in [4.69, 9.17) is 4.42 Å². The molecule has 1 saturated heterocycles. The fourth-order valence-corrected chi connectivity index (χ4v) is 3.68. The SMILES string of the molecule is CCCC1CN(C(=O)c2cc3cc(C)ccc3o2)CC1N(C)C. The predicted octanol–water partition coefficient (Wildman–Crippen LogP) is 3.54. The third-order valence-corrected chi connectivity index (χ3v) is 4.90. The van der Waals surface area contributed by atoms with Gasteiger partial charge in [0.1, 0.15) is 5.58 Å². The van der Waals surface area contributed by atoms with Gasteiger partial charge in [0, 0.05) is 24.5 Å². The van der Waals surface area contributed by atoms with Gasteiger partial charge in [-0.3, -0.25) is 4.79 Å². The summed E-state index contributed by atoms with van der Waals surface area (Å²) in [7, 11) is 4.20. The van der Waals surface area contributed by atoms with Crippen LogP contribution < -0.4 is 0 Å². The number of amides is 1. The molecule has 1 amide bonds. The third kappa shape index (κ3) is 3.13. The van der Waals surface area contributed by atoms with Crippen LogP contribution in [0, 0.1) is 12.8 Å². The number of benzene rings is 1. The molecule has 1 aromatic heterocycles. The number of rotatable bonds is 4. The summed E-state index contributed by atoms with van der Waals surface area (Å²) in [4.78, 5) is 17.0. The van der Waals surface area contributed by atoms with E-state index in [1.807, 2.05) is 30.0 Å². The largest absolute Gasteiger partial charge is 0.451 e. The molecule has 23 heavy (non-hydrogen) atoms. The van der Waals surface area contributed by atoms with E-state index >= 15 is 0 Å². The van der Waals surface area contributed by atoms with Crippen molar-refractivity contribution in [2.45, 2.75) is 32.7 Å². The topological polar surface area (TPSA) is 36.7 Å². The van der Waals surface area contributed by atoms with Crippen molar-refractivity contribution in [1.29, 1.82) is 0 Å². The Hall–Kier alpha value is -1.81. The number of nitrogens with zero attached hydrogens (tertiary/aromatic N) is 2. The van der Waals surface area contributed by atoms with E-state index in [0.29, 0.717) is 17.7 Å². The molecule has 0 N–H and O–H groups in total. The average molecular weight is 314 g/mol. The lowest BCUT2D eigenvalue weighted by Crippen LogP contribution is -2.36. The summed E-state index contributed by atoms with van der Waals surface area (Å²) in [6.45, 7) is 5.86. The number of hydrogen-bond acceptors (Lipinski definition) is 3. The van der Waals surface area contributed by atoms with Gasteiger partial charge in [0.05, 0.1) is 0 Å². The molecule has 1 aliphatic rings. The van der Waals surface area contributed by atoms with Gasteiger partial charge in [-0.15, -0.1) is 0 Å². The minimum atomic E-state index is 0.0179. The monoisotopic (exact) mass is 314 g/mol. The quantitative estimate of drug-likeness (QED) is 0.866. The van der Waals surface area contributed by atoms with Crippen LogP contribution in [0.25, 0.3) is 11.0 Å². The number of carbonyl (C=O) groups is 1. The zero-order valence-corrected chi connectivity index (χ0v) is 14.5. The lowest BCUT2D eigenvalue weighted by Gasteiger charge is -2.24. The number of aryl methyl sites for hydroxylation is 1. The maximum absolute atomic E-state index is 12.8. The summed E-state index contributed by atoms with van der Waals surface area (Å²) >= 11 is 0. The highest BCUT2D eigenvalue weighted by Crippen LogP contribution is 2.28. The van der Waals surface area contributed by atoms with E-state index in [1.54, 1.807) is 0 Å². The fraction of sp³-hybridized carbons (Fsp3) is 0.526. The minimum Gasteiger partial charge on any atom is -0.451 e. The van der Waals surface area contributed by atoms with E-state index < -0.39 is 0 Å². The molecule has 2 atom stereocenters. The van der Waals surface area contributed by atoms with E-state index in [-0.39, 0.29) is 5.91 Å². The van der Waals surface area contributed by atoms with Crippen LogP contribution in [0.5, 0.6) is 0 Å². The molecule has 0 bridgehead atoms. The van der Waals surface area contributed by atoms with Gasteiger partial charge in [-0.05, 0) is 51.6 Å². The van der Waals surface area contributed by atoms with Crippen molar-refractivity contribution in [3.05, 3.63) is 35.6 Å². The summed E-state index contributed by atoms with van der Waals surface area (Å²) in [6.07, 6.45) is 2.31. The summed E-state index contributed by atoms with van der Waals surface area (Å²) in [5.41, 5.74) is 1.96. The fourth-order valence-electron chi connectivity index (χ4n) is 3.68. The number of hydrogen-bond donors (Lipinski definition) is 0. The zero-order valence-electron chi connectivity index (χ0n) is 14.5. The van der Waals surface area contributed by atoms with Crippen LogP contribution in [0.2, 0.25) is 0 Å². The van der Waals surface area contributed by atoms with Gasteiger partial charge in [0.2, 0.25) is 0 Å². The number of likely N-dealkylation sites (N-methyl/N-ethyl adjacent to an activating group) is 1.